The minimum Gasteiger partial charge on any atom is -0.497 e. The fourth-order valence-corrected chi connectivity index (χ4v) is 4.78. The van der Waals surface area contributed by atoms with Crippen LogP contribution in [0, 0.1) is 6.92 Å². The lowest BCUT2D eigenvalue weighted by Gasteiger charge is -2.23. The lowest BCUT2D eigenvalue weighted by atomic mass is 9.93. The number of hydrogen-bond donors (Lipinski definition) is 1. The number of aromatic nitrogens is 1. The van der Waals surface area contributed by atoms with Gasteiger partial charge in [-0.05, 0) is 54.4 Å². The third-order valence-corrected chi connectivity index (χ3v) is 6.68. The van der Waals surface area contributed by atoms with Crippen molar-refractivity contribution in [2.75, 3.05) is 7.11 Å². The fourth-order valence-electron chi connectivity index (χ4n) is 3.58. The number of nitrogens with zero attached hydrogens (tertiary/aromatic N) is 1. The molecule has 1 heterocycles. The molecule has 0 bridgehead atoms. The van der Waals surface area contributed by atoms with E-state index in [1.807, 2.05) is 73.7 Å². The van der Waals surface area contributed by atoms with Crippen LogP contribution in [0.2, 0.25) is 0 Å². The molecular formula is C26H24N2O3S. The molecule has 162 valence electrons. The Kier molecular flexibility index (Phi) is 6.35. The van der Waals surface area contributed by atoms with Crippen molar-refractivity contribution in [3.05, 3.63) is 114 Å². The molecule has 6 heteroatoms. The highest BCUT2D eigenvalue weighted by Crippen LogP contribution is 2.33. The lowest BCUT2D eigenvalue weighted by molar-refractivity contribution is 0.414. The average Bonchev–Trinajstić information content (AvgIpc) is 2.83. The van der Waals surface area contributed by atoms with Crippen molar-refractivity contribution in [3.8, 4) is 17.0 Å². The maximum absolute atomic E-state index is 13.3. The van der Waals surface area contributed by atoms with E-state index in [4.69, 9.17) is 4.74 Å². The smallest absolute Gasteiger partial charge is 0.241 e. The molecule has 3 aromatic carbocycles. The predicted octanol–water partition coefficient (Wildman–Crippen LogP) is 5.13. The van der Waals surface area contributed by atoms with E-state index in [0.29, 0.717) is 5.75 Å². The number of pyridine rings is 1. The average molecular weight is 445 g/mol. The highest BCUT2D eigenvalue weighted by molar-refractivity contribution is 7.89. The van der Waals surface area contributed by atoms with Crippen molar-refractivity contribution in [2.45, 2.75) is 17.9 Å². The summed E-state index contributed by atoms with van der Waals surface area (Å²) in [5, 5.41) is 0. The number of aryl methyl sites for hydroxylation is 1. The highest BCUT2D eigenvalue weighted by atomic mass is 32.2. The van der Waals surface area contributed by atoms with Crippen molar-refractivity contribution < 1.29 is 13.2 Å². The van der Waals surface area contributed by atoms with E-state index in [-0.39, 0.29) is 4.90 Å². The molecule has 0 aliphatic carbocycles. The van der Waals surface area contributed by atoms with Crippen LogP contribution in [0.4, 0.5) is 0 Å². The Balaban J connectivity index is 1.85. The van der Waals surface area contributed by atoms with Crippen molar-refractivity contribution in [3.63, 3.8) is 0 Å². The molecule has 4 rings (SSSR count). The van der Waals surface area contributed by atoms with Gasteiger partial charge in [0.2, 0.25) is 10.0 Å². The second kappa shape index (κ2) is 9.34. The molecule has 0 aliphatic rings. The first-order chi connectivity index (χ1) is 15.5. The number of rotatable bonds is 7. The zero-order chi connectivity index (χ0) is 22.6. The molecular weight excluding hydrogens is 420 g/mol. The third-order valence-electron chi connectivity index (χ3n) is 5.24. The molecule has 0 radical (unpaired) electrons. The summed E-state index contributed by atoms with van der Waals surface area (Å²) in [4.78, 5) is 4.70. The summed E-state index contributed by atoms with van der Waals surface area (Å²) in [6.07, 6.45) is 1.73. The summed E-state index contributed by atoms with van der Waals surface area (Å²) in [7, 11) is -2.21. The lowest BCUT2D eigenvalue weighted by Crippen LogP contribution is -2.30. The van der Waals surface area contributed by atoms with E-state index in [9.17, 15) is 8.42 Å². The van der Waals surface area contributed by atoms with Crippen LogP contribution in [0.3, 0.4) is 0 Å². The second-order valence-electron chi connectivity index (χ2n) is 7.45. The Hall–Kier alpha value is -3.48. The minimum atomic E-state index is -3.80. The van der Waals surface area contributed by atoms with Crippen LogP contribution in [-0.4, -0.2) is 20.5 Å². The van der Waals surface area contributed by atoms with Gasteiger partial charge in [-0.1, -0.05) is 60.2 Å². The van der Waals surface area contributed by atoms with Crippen LogP contribution in [-0.2, 0) is 10.0 Å². The van der Waals surface area contributed by atoms with Crippen LogP contribution < -0.4 is 9.46 Å². The minimum absolute atomic E-state index is 0.214. The summed E-state index contributed by atoms with van der Waals surface area (Å²) in [5.74, 6) is 0.650. The zero-order valence-corrected chi connectivity index (χ0v) is 18.7. The van der Waals surface area contributed by atoms with Gasteiger partial charge in [-0.3, -0.25) is 4.98 Å². The normalized spacial score (nSPS) is 12.3. The molecule has 1 atom stereocenters. The highest BCUT2D eigenvalue weighted by Gasteiger charge is 2.25. The summed E-state index contributed by atoms with van der Waals surface area (Å²) in [6, 6.07) is 27.0. The molecule has 0 saturated heterocycles. The fraction of sp³-hybridized carbons (Fsp3) is 0.115. The summed E-state index contributed by atoms with van der Waals surface area (Å²) < 4.78 is 35.0. The number of sulfonamides is 1. The van der Waals surface area contributed by atoms with Gasteiger partial charge >= 0.3 is 0 Å². The molecule has 4 aromatic rings. The van der Waals surface area contributed by atoms with E-state index in [0.717, 1.165) is 27.9 Å². The Morgan fingerprint density at radius 1 is 0.875 bits per heavy atom. The standard InChI is InChI=1S/C26H24N2O3S/c1-19-13-15-22(16-14-19)32(29,30)28-26(20-8-7-9-21(18-20)31-2)24-11-4-3-10-23(24)25-12-5-6-17-27-25/h3-18,26,28H,1-2H3. The molecule has 0 spiro atoms. The maximum atomic E-state index is 13.3. The monoisotopic (exact) mass is 444 g/mol. The molecule has 0 saturated carbocycles. The van der Waals surface area contributed by atoms with Crippen molar-refractivity contribution in [1.29, 1.82) is 0 Å². The quantitative estimate of drug-likeness (QED) is 0.429. The third kappa shape index (κ3) is 4.72. The predicted molar refractivity (Wildman–Crippen MR) is 126 cm³/mol. The van der Waals surface area contributed by atoms with E-state index in [1.165, 1.54) is 0 Å². The van der Waals surface area contributed by atoms with Gasteiger partial charge in [0, 0.05) is 11.8 Å². The van der Waals surface area contributed by atoms with Gasteiger partial charge in [0.05, 0.1) is 23.7 Å². The van der Waals surface area contributed by atoms with Crippen molar-refractivity contribution in [1.82, 2.24) is 9.71 Å². The molecule has 1 N–H and O–H groups in total. The largest absolute Gasteiger partial charge is 0.497 e. The summed E-state index contributed by atoms with van der Waals surface area (Å²) >= 11 is 0. The SMILES string of the molecule is COc1cccc(C(NS(=O)(=O)c2ccc(C)cc2)c2ccccc2-c2ccccn2)c1. The molecule has 32 heavy (non-hydrogen) atoms. The second-order valence-corrected chi connectivity index (χ2v) is 9.16. The van der Waals surface area contributed by atoms with Crippen LogP contribution >= 0.6 is 0 Å². The van der Waals surface area contributed by atoms with Crippen LogP contribution in [0.1, 0.15) is 22.7 Å². The van der Waals surface area contributed by atoms with Crippen molar-refractivity contribution in [2.24, 2.45) is 0 Å². The van der Waals surface area contributed by atoms with Crippen LogP contribution in [0.5, 0.6) is 5.75 Å². The van der Waals surface area contributed by atoms with Gasteiger partial charge in [-0.25, -0.2) is 8.42 Å². The molecule has 5 nitrogen and oxygen atoms in total. The Bertz CT molecular complexity index is 1300. The van der Waals surface area contributed by atoms with Crippen LogP contribution in [0.25, 0.3) is 11.3 Å². The Labute approximate surface area is 188 Å². The summed E-state index contributed by atoms with van der Waals surface area (Å²) in [5.41, 5.74) is 4.19. The number of nitrogens with one attached hydrogen (secondary N) is 1. The van der Waals surface area contributed by atoms with Gasteiger partial charge in [0.1, 0.15) is 5.75 Å². The molecule has 0 aliphatic heterocycles. The molecule has 1 aromatic heterocycles. The van der Waals surface area contributed by atoms with Gasteiger partial charge in [0.15, 0.2) is 0 Å². The topological polar surface area (TPSA) is 68.3 Å². The van der Waals surface area contributed by atoms with Gasteiger partial charge < -0.3 is 4.74 Å². The Morgan fingerprint density at radius 3 is 2.34 bits per heavy atom. The van der Waals surface area contributed by atoms with Crippen molar-refractivity contribution >= 4 is 10.0 Å². The maximum Gasteiger partial charge on any atom is 0.241 e. The molecule has 0 fully saturated rings. The first kappa shape index (κ1) is 21.7. The number of hydrogen-bond acceptors (Lipinski definition) is 4. The number of benzene rings is 3. The van der Waals surface area contributed by atoms with Gasteiger partial charge in [-0.2, -0.15) is 4.72 Å². The van der Waals surface area contributed by atoms with E-state index in [1.54, 1.807) is 37.6 Å². The Morgan fingerprint density at radius 2 is 1.62 bits per heavy atom. The van der Waals surface area contributed by atoms with E-state index >= 15 is 0 Å². The van der Waals surface area contributed by atoms with Crippen LogP contribution in [0.15, 0.2) is 102 Å². The first-order valence-corrected chi connectivity index (χ1v) is 11.7. The molecule has 1 unspecified atom stereocenters. The van der Waals surface area contributed by atoms with Gasteiger partial charge in [0.25, 0.3) is 0 Å². The summed E-state index contributed by atoms with van der Waals surface area (Å²) in [6.45, 7) is 1.92. The van der Waals surface area contributed by atoms with E-state index < -0.39 is 16.1 Å². The molecule has 0 amide bonds. The first-order valence-electron chi connectivity index (χ1n) is 10.2. The van der Waals surface area contributed by atoms with Gasteiger partial charge in [-0.15, -0.1) is 0 Å². The van der Waals surface area contributed by atoms with E-state index in [2.05, 4.69) is 9.71 Å². The number of methoxy groups -OCH3 is 1. The number of ether oxygens (including phenoxy) is 1. The zero-order valence-electron chi connectivity index (χ0n) is 17.9.